The van der Waals surface area contributed by atoms with Crippen molar-refractivity contribution in [2.75, 3.05) is 24.2 Å². The number of nitrogen functional groups attached to an aromatic ring is 1. The lowest BCUT2D eigenvalue weighted by molar-refractivity contribution is 0.000653. The Morgan fingerprint density at radius 1 is 1.56 bits per heavy atom. The molecule has 0 spiro atoms. The fraction of sp³-hybridized carbons (Fsp3) is 0.600. The standard InChI is InChI=1S/C10H17ClN4O/c1-4-16-10(2,3)6-14-8-7(12)5-13-9(11)15-8/h5H,4,6,12H2,1-3H3,(H,13,14,15). The van der Waals surface area contributed by atoms with E-state index in [2.05, 4.69) is 15.3 Å². The van der Waals surface area contributed by atoms with E-state index >= 15 is 0 Å². The molecule has 0 saturated heterocycles. The highest BCUT2D eigenvalue weighted by atomic mass is 35.5. The summed E-state index contributed by atoms with van der Waals surface area (Å²) in [5, 5.41) is 3.27. The van der Waals surface area contributed by atoms with Crippen LogP contribution in [0, 0.1) is 0 Å². The van der Waals surface area contributed by atoms with Gasteiger partial charge in [-0.1, -0.05) is 0 Å². The Bertz CT molecular complexity index is 357. The Balaban J connectivity index is 2.63. The lowest BCUT2D eigenvalue weighted by atomic mass is 10.1. The molecule has 1 aromatic rings. The van der Waals surface area contributed by atoms with Crippen molar-refractivity contribution in [3.05, 3.63) is 11.5 Å². The molecule has 3 N–H and O–H groups in total. The summed E-state index contributed by atoms with van der Waals surface area (Å²) in [6.45, 7) is 7.19. The van der Waals surface area contributed by atoms with Gasteiger partial charge < -0.3 is 15.8 Å². The second-order valence-corrected chi connectivity index (χ2v) is 4.33. The first kappa shape index (κ1) is 13.0. The van der Waals surface area contributed by atoms with Crippen molar-refractivity contribution in [2.45, 2.75) is 26.4 Å². The van der Waals surface area contributed by atoms with Crippen LogP contribution in [-0.4, -0.2) is 28.7 Å². The summed E-state index contributed by atoms with van der Waals surface area (Å²) < 4.78 is 5.54. The molecular weight excluding hydrogens is 228 g/mol. The van der Waals surface area contributed by atoms with Gasteiger partial charge in [-0.2, -0.15) is 4.98 Å². The number of halogens is 1. The molecule has 0 aliphatic heterocycles. The van der Waals surface area contributed by atoms with E-state index in [0.717, 1.165) is 0 Å². The van der Waals surface area contributed by atoms with Gasteiger partial charge in [-0.3, -0.25) is 0 Å². The van der Waals surface area contributed by atoms with Gasteiger partial charge in [-0.25, -0.2) is 4.98 Å². The number of nitrogens with one attached hydrogen (secondary N) is 1. The van der Waals surface area contributed by atoms with Crippen LogP contribution in [0.25, 0.3) is 0 Å². The Morgan fingerprint density at radius 2 is 2.25 bits per heavy atom. The minimum absolute atomic E-state index is 0.172. The highest BCUT2D eigenvalue weighted by Gasteiger charge is 2.18. The van der Waals surface area contributed by atoms with Crippen LogP contribution in [0.5, 0.6) is 0 Å². The molecule has 90 valence electrons. The van der Waals surface area contributed by atoms with Gasteiger partial charge >= 0.3 is 0 Å². The number of hydrogen-bond acceptors (Lipinski definition) is 5. The average molecular weight is 245 g/mol. The van der Waals surface area contributed by atoms with E-state index in [0.29, 0.717) is 24.7 Å². The molecule has 0 amide bonds. The number of rotatable bonds is 5. The number of nitrogens with zero attached hydrogens (tertiary/aromatic N) is 2. The molecular formula is C10H17ClN4O. The molecule has 0 fully saturated rings. The van der Waals surface area contributed by atoms with Crippen LogP contribution in [0.4, 0.5) is 11.5 Å². The van der Waals surface area contributed by atoms with E-state index in [4.69, 9.17) is 22.1 Å². The monoisotopic (exact) mass is 244 g/mol. The minimum Gasteiger partial charge on any atom is -0.394 e. The molecule has 1 aromatic heterocycles. The van der Waals surface area contributed by atoms with E-state index < -0.39 is 0 Å². The van der Waals surface area contributed by atoms with Crippen molar-refractivity contribution >= 4 is 23.1 Å². The van der Waals surface area contributed by atoms with Gasteiger partial charge in [0, 0.05) is 13.2 Å². The number of ether oxygens (including phenoxy) is 1. The maximum absolute atomic E-state index is 5.71. The molecule has 16 heavy (non-hydrogen) atoms. The number of nitrogens with two attached hydrogens (primary N) is 1. The highest BCUT2D eigenvalue weighted by Crippen LogP contribution is 2.17. The van der Waals surface area contributed by atoms with Gasteiger partial charge in [0.2, 0.25) is 5.28 Å². The van der Waals surface area contributed by atoms with Gasteiger partial charge in [0.05, 0.1) is 17.5 Å². The normalized spacial score (nSPS) is 11.5. The summed E-state index contributed by atoms with van der Waals surface area (Å²) in [5.41, 5.74) is 5.90. The molecule has 1 rings (SSSR count). The average Bonchev–Trinajstić information content (AvgIpc) is 2.19. The first-order chi connectivity index (χ1) is 7.44. The van der Waals surface area contributed by atoms with Crippen molar-refractivity contribution in [1.82, 2.24) is 9.97 Å². The Hall–Kier alpha value is -1.07. The molecule has 0 atom stereocenters. The molecule has 1 heterocycles. The summed E-state index contributed by atoms with van der Waals surface area (Å²) in [6.07, 6.45) is 1.48. The molecule has 0 bridgehead atoms. The van der Waals surface area contributed by atoms with Gasteiger partial charge in [0.15, 0.2) is 5.82 Å². The van der Waals surface area contributed by atoms with Crippen LogP contribution in [0.2, 0.25) is 5.28 Å². The maximum atomic E-state index is 5.71. The fourth-order valence-corrected chi connectivity index (χ4v) is 1.38. The van der Waals surface area contributed by atoms with Crippen molar-refractivity contribution < 1.29 is 4.74 Å². The van der Waals surface area contributed by atoms with Crippen LogP contribution in [0.3, 0.4) is 0 Å². The molecule has 0 aliphatic rings. The van der Waals surface area contributed by atoms with Gasteiger partial charge in [-0.15, -0.1) is 0 Å². The Morgan fingerprint density at radius 3 is 2.88 bits per heavy atom. The van der Waals surface area contributed by atoms with Gasteiger partial charge in [-0.05, 0) is 32.4 Å². The molecule has 0 unspecified atom stereocenters. The summed E-state index contributed by atoms with van der Waals surface area (Å²) in [7, 11) is 0. The third kappa shape index (κ3) is 3.83. The molecule has 0 aliphatic carbocycles. The lowest BCUT2D eigenvalue weighted by Gasteiger charge is -2.25. The first-order valence-corrected chi connectivity index (χ1v) is 5.48. The molecule has 0 saturated carbocycles. The van der Waals surface area contributed by atoms with E-state index in [1.54, 1.807) is 0 Å². The van der Waals surface area contributed by atoms with Gasteiger partial charge in [0.1, 0.15) is 0 Å². The second kappa shape index (κ2) is 5.32. The predicted octanol–water partition coefficient (Wildman–Crippen LogP) is 1.94. The number of aromatic nitrogens is 2. The van der Waals surface area contributed by atoms with Crippen molar-refractivity contribution in [1.29, 1.82) is 0 Å². The molecule has 0 radical (unpaired) electrons. The minimum atomic E-state index is -0.279. The zero-order valence-electron chi connectivity index (χ0n) is 9.75. The largest absolute Gasteiger partial charge is 0.394 e. The topological polar surface area (TPSA) is 73.1 Å². The molecule has 5 nitrogen and oxygen atoms in total. The summed E-state index contributed by atoms with van der Waals surface area (Å²) in [5.74, 6) is 0.535. The third-order valence-corrected chi connectivity index (χ3v) is 2.19. The van der Waals surface area contributed by atoms with E-state index in [-0.39, 0.29) is 10.9 Å². The lowest BCUT2D eigenvalue weighted by Crippen LogP contribution is -2.33. The van der Waals surface area contributed by atoms with E-state index in [9.17, 15) is 0 Å². The van der Waals surface area contributed by atoms with Crippen LogP contribution >= 0.6 is 11.6 Å². The molecule has 0 aromatic carbocycles. The second-order valence-electron chi connectivity index (χ2n) is 3.99. The zero-order chi connectivity index (χ0) is 12.2. The van der Waals surface area contributed by atoms with E-state index in [1.165, 1.54) is 6.20 Å². The third-order valence-electron chi connectivity index (χ3n) is 2.00. The van der Waals surface area contributed by atoms with Crippen LogP contribution in [-0.2, 0) is 4.74 Å². The molecule has 6 heteroatoms. The Kier molecular flexibility index (Phi) is 4.32. The summed E-state index contributed by atoms with van der Waals surface area (Å²) in [4.78, 5) is 7.78. The quantitative estimate of drug-likeness (QED) is 0.775. The smallest absolute Gasteiger partial charge is 0.224 e. The van der Waals surface area contributed by atoms with Crippen LogP contribution < -0.4 is 11.1 Å². The summed E-state index contributed by atoms with van der Waals surface area (Å²) >= 11 is 5.68. The highest BCUT2D eigenvalue weighted by molar-refractivity contribution is 6.28. The van der Waals surface area contributed by atoms with Crippen LogP contribution in [0.1, 0.15) is 20.8 Å². The fourth-order valence-electron chi connectivity index (χ4n) is 1.25. The van der Waals surface area contributed by atoms with Crippen LogP contribution in [0.15, 0.2) is 6.20 Å². The van der Waals surface area contributed by atoms with Gasteiger partial charge in [0.25, 0.3) is 0 Å². The number of hydrogen-bond donors (Lipinski definition) is 2. The predicted molar refractivity (Wildman–Crippen MR) is 65.6 cm³/mol. The number of anilines is 2. The Labute approximate surface area is 100 Å². The maximum Gasteiger partial charge on any atom is 0.224 e. The van der Waals surface area contributed by atoms with Crippen molar-refractivity contribution in [2.24, 2.45) is 0 Å². The zero-order valence-corrected chi connectivity index (χ0v) is 10.5. The van der Waals surface area contributed by atoms with Crippen molar-refractivity contribution in [3.8, 4) is 0 Å². The summed E-state index contributed by atoms with van der Waals surface area (Å²) in [6, 6.07) is 0. The van der Waals surface area contributed by atoms with E-state index in [1.807, 2.05) is 20.8 Å². The first-order valence-electron chi connectivity index (χ1n) is 5.10. The SMILES string of the molecule is CCOC(C)(C)CNc1nc(Cl)ncc1N. The van der Waals surface area contributed by atoms with Crippen molar-refractivity contribution in [3.63, 3.8) is 0 Å².